The predicted molar refractivity (Wildman–Crippen MR) is 213 cm³/mol. The number of thiol groups is 1. The molecule has 242 valence electrons. The lowest BCUT2D eigenvalue weighted by Crippen LogP contribution is -1.93. The van der Waals surface area contributed by atoms with Gasteiger partial charge in [0, 0.05) is 0 Å². The molecule has 0 nitrogen and oxygen atoms in total. The molecule has 0 aromatic heterocycles. The van der Waals surface area contributed by atoms with E-state index in [9.17, 15) is 0 Å². The third-order valence-corrected chi connectivity index (χ3v) is 5.25. The Morgan fingerprint density at radius 2 is 1.20 bits per heavy atom. The van der Waals surface area contributed by atoms with Gasteiger partial charge in [-0.15, -0.1) is 0 Å². The molecule has 0 aliphatic heterocycles. The molecule has 0 radical (unpaired) electrons. The van der Waals surface area contributed by atoms with Crippen LogP contribution in [0.15, 0.2) is 141 Å². The lowest BCUT2D eigenvalue weighted by Gasteiger charge is -2.14. The topological polar surface area (TPSA) is 0 Å². The van der Waals surface area contributed by atoms with E-state index in [-0.39, 0.29) is 0 Å². The summed E-state index contributed by atoms with van der Waals surface area (Å²) < 4.78 is 0. The van der Waals surface area contributed by atoms with Crippen molar-refractivity contribution in [1.29, 1.82) is 0 Å². The highest BCUT2D eigenvalue weighted by Gasteiger charge is 2.10. The van der Waals surface area contributed by atoms with Crippen molar-refractivity contribution in [2.75, 3.05) is 6.26 Å². The second kappa shape index (κ2) is 37.5. The molecule has 1 heteroatoms. The minimum atomic E-state index is 1.04. The van der Waals surface area contributed by atoms with Gasteiger partial charge in [-0.3, -0.25) is 0 Å². The molecule has 0 aliphatic rings. The van der Waals surface area contributed by atoms with Gasteiger partial charge in [-0.1, -0.05) is 200 Å². The zero-order chi connectivity index (χ0) is 34.6. The van der Waals surface area contributed by atoms with Gasteiger partial charge in [0.1, 0.15) is 0 Å². The number of hydrogen-bond donors (Lipinski definition) is 1. The Bertz CT molecular complexity index is 1160. The SMILES string of the molecule is C=C(/C(=C\C=C/CC)c1ccccc1)c1cc(C)ccc1C.C=C/C=C\C=C/C.CC.CC.CC.CS.Cc1ccccc1. The summed E-state index contributed by atoms with van der Waals surface area (Å²) in [7, 11) is 0. The van der Waals surface area contributed by atoms with E-state index in [4.69, 9.17) is 0 Å². The molecule has 3 rings (SSSR count). The highest BCUT2D eigenvalue weighted by atomic mass is 32.1. The van der Waals surface area contributed by atoms with Crippen LogP contribution >= 0.6 is 12.6 Å². The Hall–Kier alpha value is -3.55. The van der Waals surface area contributed by atoms with Crippen molar-refractivity contribution in [2.45, 2.75) is 82.6 Å². The van der Waals surface area contributed by atoms with Gasteiger partial charge in [-0.25, -0.2) is 0 Å². The molecular formula is C43H64S. The van der Waals surface area contributed by atoms with Crippen LogP contribution in [0.2, 0.25) is 0 Å². The number of hydrogen-bond acceptors (Lipinski definition) is 1. The van der Waals surface area contributed by atoms with Crippen LogP contribution in [0.1, 0.15) is 89.6 Å². The quantitative estimate of drug-likeness (QED) is 0.199. The summed E-state index contributed by atoms with van der Waals surface area (Å²) in [6.45, 7) is 30.4. The molecule has 0 N–H and O–H groups in total. The molecule has 0 bridgehead atoms. The lowest BCUT2D eigenvalue weighted by molar-refractivity contribution is 1.22. The molecule has 44 heavy (non-hydrogen) atoms. The second-order valence-electron chi connectivity index (χ2n) is 8.38. The summed E-state index contributed by atoms with van der Waals surface area (Å²) in [6, 6.07) is 27.3. The minimum Gasteiger partial charge on any atom is -0.183 e. The highest BCUT2D eigenvalue weighted by molar-refractivity contribution is 7.79. The van der Waals surface area contributed by atoms with E-state index in [2.05, 4.69) is 126 Å². The van der Waals surface area contributed by atoms with Gasteiger partial charge in [0.2, 0.25) is 0 Å². The van der Waals surface area contributed by atoms with Gasteiger partial charge in [0.05, 0.1) is 0 Å². The van der Waals surface area contributed by atoms with Crippen LogP contribution < -0.4 is 0 Å². The minimum absolute atomic E-state index is 1.04. The van der Waals surface area contributed by atoms with Crippen LogP contribution in [-0.4, -0.2) is 6.26 Å². The van der Waals surface area contributed by atoms with Crippen LogP contribution in [0.5, 0.6) is 0 Å². The summed E-state index contributed by atoms with van der Waals surface area (Å²) >= 11 is 3.53. The van der Waals surface area contributed by atoms with Gasteiger partial charge in [-0.2, -0.15) is 12.6 Å². The second-order valence-corrected chi connectivity index (χ2v) is 8.38. The summed E-state index contributed by atoms with van der Waals surface area (Å²) in [6.07, 6.45) is 18.7. The molecule has 0 fully saturated rings. The Labute approximate surface area is 280 Å². The van der Waals surface area contributed by atoms with Crippen molar-refractivity contribution in [1.82, 2.24) is 0 Å². The average Bonchev–Trinajstić information content (AvgIpc) is 3.09. The van der Waals surface area contributed by atoms with Crippen LogP contribution in [-0.2, 0) is 0 Å². The van der Waals surface area contributed by atoms with E-state index in [1.54, 1.807) is 12.3 Å². The van der Waals surface area contributed by atoms with E-state index in [0.29, 0.717) is 0 Å². The van der Waals surface area contributed by atoms with Crippen molar-refractivity contribution in [2.24, 2.45) is 0 Å². The standard InChI is InChI=1S/C22H24.C7H8.C7H10.3C2H6.CH4S/c1-5-6-8-13-21(20-11-9-7-10-12-20)19(4)22-16-17(2)14-15-18(22)3;1-7-5-3-2-4-6-7;1-3-5-7-6-4-2;4*1-2/h6-16H,4-5H2,1-3H3;2-6H,1H3;3-7H,1H2,2H3;3*1-2H3;2H,1H3/b8-6-,21-13+;;6-4-,7-5-;;;;. The number of aryl methyl sites for hydroxylation is 3. The maximum Gasteiger partial charge on any atom is -0.0111 e. The molecule has 0 heterocycles. The normalized spacial score (nSPS) is 9.61. The Balaban J connectivity index is -0.000000298. The summed E-state index contributed by atoms with van der Waals surface area (Å²) in [5.41, 5.74) is 8.53. The molecular weight excluding hydrogens is 549 g/mol. The monoisotopic (exact) mass is 612 g/mol. The van der Waals surface area contributed by atoms with Gasteiger partial charge in [0.25, 0.3) is 0 Å². The molecule has 0 spiro atoms. The van der Waals surface area contributed by atoms with E-state index >= 15 is 0 Å². The van der Waals surface area contributed by atoms with Crippen LogP contribution in [0.3, 0.4) is 0 Å². The van der Waals surface area contributed by atoms with Gasteiger partial charge in [0.15, 0.2) is 0 Å². The highest BCUT2D eigenvalue weighted by Crippen LogP contribution is 2.32. The fourth-order valence-corrected chi connectivity index (χ4v) is 3.28. The van der Waals surface area contributed by atoms with Crippen LogP contribution in [0.4, 0.5) is 0 Å². The Morgan fingerprint density at radius 1 is 0.682 bits per heavy atom. The van der Waals surface area contributed by atoms with Crippen molar-refractivity contribution in [3.63, 3.8) is 0 Å². The smallest absolute Gasteiger partial charge is 0.0111 e. The molecule has 0 saturated carbocycles. The van der Waals surface area contributed by atoms with Gasteiger partial charge < -0.3 is 0 Å². The zero-order valence-corrected chi connectivity index (χ0v) is 31.1. The third kappa shape index (κ3) is 25.0. The zero-order valence-electron chi connectivity index (χ0n) is 30.2. The van der Waals surface area contributed by atoms with Crippen LogP contribution in [0.25, 0.3) is 11.1 Å². The molecule has 3 aromatic rings. The molecule has 0 aliphatic carbocycles. The first-order chi connectivity index (χ1) is 21.4. The maximum absolute atomic E-state index is 4.38. The van der Waals surface area contributed by atoms with Crippen molar-refractivity contribution in [3.05, 3.63) is 168 Å². The first-order valence-electron chi connectivity index (χ1n) is 16.0. The van der Waals surface area contributed by atoms with Gasteiger partial charge >= 0.3 is 0 Å². The van der Waals surface area contributed by atoms with Crippen molar-refractivity contribution < 1.29 is 0 Å². The molecule has 0 amide bonds. The average molecular weight is 613 g/mol. The maximum atomic E-state index is 4.38. The molecule has 0 saturated heterocycles. The fraction of sp³-hybridized carbons (Fsp3) is 0.302. The molecule has 0 unspecified atom stereocenters. The van der Waals surface area contributed by atoms with E-state index in [1.165, 1.54) is 33.4 Å². The van der Waals surface area contributed by atoms with Crippen molar-refractivity contribution >= 4 is 23.8 Å². The van der Waals surface area contributed by atoms with Gasteiger partial charge in [-0.05, 0) is 68.2 Å². The first kappa shape index (κ1) is 47.4. The molecule has 0 atom stereocenters. The first-order valence-corrected chi connectivity index (χ1v) is 16.9. The largest absolute Gasteiger partial charge is 0.183 e. The summed E-state index contributed by atoms with van der Waals surface area (Å²) in [5.74, 6) is 0. The van der Waals surface area contributed by atoms with Crippen LogP contribution in [0, 0.1) is 20.8 Å². The Morgan fingerprint density at radius 3 is 1.64 bits per heavy atom. The summed E-state index contributed by atoms with van der Waals surface area (Å²) in [5, 5.41) is 0. The van der Waals surface area contributed by atoms with E-state index in [1.807, 2.05) is 97.0 Å². The number of rotatable bonds is 7. The molecule has 3 aromatic carbocycles. The third-order valence-electron chi connectivity index (χ3n) is 5.25. The predicted octanol–water partition coefficient (Wildman–Crippen LogP) is 14.3. The van der Waals surface area contributed by atoms with Crippen molar-refractivity contribution in [3.8, 4) is 0 Å². The number of benzene rings is 3. The Kier molecular flexibility index (Phi) is 40.4. The number of allylic oxidation sites excluding steroid dienone is 10. The fourth-order valence-electron chi connectivity index (χ4n) is 3.28. The van der Waals surface area contributed by atoms with E-state index < -0.39 is 0 Å². The lowest BCUT2D eigenvalue weighted by atomic mass is 9.90. The van der Waals surface area contributed by atoms with E-state index in [0.717, 1.165) is 12.0 Å². The summed E-state index contributed by atoms with van der Waals surface area (Å²) in [4.78, 5) is 0.